The van der Waals surface area contributed by atoms with Gasteiger partial charge in [-0.05, 0) is 165 Å². The molecule has 4 saturated carbocycles. The van der Waals surface area contributed by atoms with E-state index in [1.54, 1.807) is 36.8 Å². The summed E-state index contributed by atoms with van der Waals surface area (Å²) < 4.78 is 6.00. The van der Waals surface area contributed by atoms with Crippen molar-refractivity contribution in [2.45, 2.75) is 145 Å². The molecule has 10 atom stereocenters. The molecule has 9 heteroatoms. The summed E-state index contributed by atoms with van der Waals surface area (Å²) in [7, 11) is 0. The Kier molecular flexibility index (Phi) is 14.0. The maximum absolute atomic E-state index is 14.8. The van der Waals surface area contributed by atoms with Crippen LogP contribution in [0.25, 0.3) is 0 Å². The molecule has 358 valence electrons. The molecule has 2 aromatic rings. The molecule has 3 unspecified atom stereocenters. The monoisotopic (exact) mass is 893 g/mol. The maximum atomic E-state index is 14.8. The molecule has 1 heterocycles. The minimum absolute atomic E-state index is 0.0102. The summed E-state index contributed by atoms with van der Waals surface area (Å²) in [4.78, 5) is 34.6. The number of esters is 1. The largest absolute Gasteiger partial charge is 0.508 e. The predicted octanol–water partition coefficient (Wildman–Crippen LogP) is 10.2. The fraction of sp³-hybridized carbons (Fsp3) is 0.714. The molecule has 1 amide bonds. The molecule has 6 aliphatic rings. The number of piperazine rings is 1. The topological polar surface area (TPSA) is 106 Å². The van der Waals surface area contributed by atoms with Gasteiger partial charge < -0.3 is 30.1 Å². The van der Waals surface area contributed by atoms with Crippen molar-refractivity contribution < 1.29 is 24.5 Å². The summed E-state index contributed by atoms with van der Waals surface area (Å²) in [6, 6.07) is 15.0. The van der Waals surface area contributed by atoms with Crippen molar-refractivity contribution in [2.24, 2.45) is 56.7 Å². The Hall–Kier alpha value is -3.40. The van der Waals surface area contributed by atoms with Gasteiger partial charge in [-0.25, -0.2) is 0 Å². The van der Waals surface area contributed by atoms with Gasteiger partial charge in [0.1, 0.15) is 17.6 Å². The Morgan fingerprint density at radius 1 is 0.754 bits per heavy atom. The maximum Gasteiger partial charge on any atom is 0.302 e. The molecule has 9 nitrogen and oxygen atoms in total. The third kappa shape index (κ3) is 9.18. The van der Waals surface area contributed by atoms with E-state index in [0.29, 0.717) is 35.5 Å². The highest BCUT2D eigenvalue weighted by Gasteiger charge is 2.69. The fourth-order valence-corrected chi connectivity index (χ4v) is 15.6. The molecule has 0 spiro atoms. The van der Waals surface area contributed by atoms with Crippen molar-refractivity contribution in [3.63, 3.8) is 0 Å². The molecule has 3 N–H and O–H groups in total. The van der Waals surface area contributed by atoms with E-state index in [9.17, 15) is 19.8 Å². The summed E-state index contributed by atoms with van der Waals surface area (Å²) in [6.45, 7) is 28.8. The second kappa shape index (κ2) is 18.9. The molecule has 1 saturated heterocycles. The van der Waals surface area contributed by atoms with E-state index in [2.05, 4.69) is 74.6 Å². The van der Waals surface area contributed by atoms with Crippen molar-refractivity contribution in [1.82, 2.24) is 20.0 Å². The first-order valence-electron chi connectivity index (χ1n) is 25.8. The number of nitrogens with zero attached hydrogens (tertiary/aromatic N) is 3. The van der Waals surface area contributed by atoms with Crippen LogP contribution in [-0.4, -0.2) is 95.3 Å². The number of rotatable bonds is 14. The summed E-state index contributed by atoms with van der Waals surface area (Å²) in [5, 5.41) is 23.2. The van der Waals surface area contributed by atoms with Gasteiger partial charge in [0.15, 0.2) is 0 Å². The van der Waals surface area contributed by atoms with E-state index in [0.717, 1.165) is 123 Å². The summed E-state index contributed by atoms with van der Waals surface area (Å²) in [5.41, 5.74) is 4.05. The first-order chi connectivity index (χ1) is 30.9. The van der Waals surface area contributed by atoms with E-state index in [-0.39, 0.29) is 50.6 Å². The van der Waals surface area contributed by atoms with Crippen molar-refractivity contribution in [3.05, 3.63) is 71.3 Å². The lowest BCUT2D eigenvalue weighted by molar-refractivity contribution is -0.212. The van der Waals surface area contributed by atoms with Gasteiger partial charge in [0.25, 0.3) is 0 Å². The van der Waals surface area contributed by atoms with Crippen LogP contribution < -0.4 is 5.32 Å². The Morgan fingerprint density at radius 3 is 1.95 bits per heavy atom. The number of hydrogen-bond acceptors (Lipinski definition) is 8. The van der Waals surface area contributed by atoms with Crippen LogP contribution in [0.5, 0.6) is 11.5 Å². The Morgan fingerprint density at radius 2 is 1.35 bits per heavy atom. The number of nitrogens with one attached hydrogen (secondary N) is 1. The smallest absolute Gasteiger partial charge is 0.302 e. The number of amides is 1. The number of ether oxygens (including phenoxy) is 1. The highest BCUT2D eigenvalue weighted by atomic mass is 16.5. The Balaban J connectivity index is 0.844. The molecule has 2 aromatic carbocycles. The lowest BCUT2D eigenvalue weighted by Crippen LogP contribution is -2.66. The lowest BCUT2D eigenvalue weighted by Gasteiger charge is -2.71. The van der Waals surface area contributed by atoms with Crippen LogP contribution in [0.2, 0.25) is 0 Å². The van der Waals surface area contributed by atoms with Crippen LogP contribution >= 0.6 is 0 Å². The van der Waals surface area contributed by atoms with Gasteiger partial charge in [0, 0.05) is 64.7 Å². The zero-order valence-electron chi connectivity index (χ0n) is 41.5. The number of hydrogen-bond donors (Lipinski definition) is 3. The average Bonchev–Trinajstić information content (AvgIpc) is 3.26. The number of fused-ring (bicyclic) bond motifs is 7. The van der Waals surface area contributed by atoms with Crippen molar-refractivity contribution >= 4 is 11.9 Å². The lowest BCUT2D eigenvalue weighted by atomic mass is 9.33. The third-order valence-corrected chi connectivity index (χ3v) is 19.7. The van der Waals surface area contributed by atoms with E-state index >= 15 is 0 Å². The zero-order valence-corrected chi connectivity index (χ0v) is 41.5. The van der Waals surface area contributed by atoms with E-state index < -0.39 is 0 Å². The zero-order chi connectivity index (χ0) is 46.4. The van der Waals surface area contributed by atoms with Crippen molar-refractivity contribution in [3.8, 4) is 11.5 Å². The van der Waals surface area contributed by atoms with E-state index in [1.165, 1.54) is 24.0 Å². The van der Waals surface area contributed by atoms with Gasteiger partial charge in [0.2, 0.25) is 5.91 Å². The molecule has 5 aliphatic carbocycles. The van der Waals surface area contributed by atoms with Gasteiger partial charge in [-0.3, -0.25) is 14.5 Å². The third-order valence-electron chi connectivity index (χ3n) is 19.7. The quantitative estimate of drug-likeness (QED) is 0.0979. The molecule has 5 fully saturated rings. The number of phenols is 2. The highest BCUT2D eigenvalue weighted by molar-refractivity contribution is 5.84. The summed E-state index contributed by atoms with van der Waals surface area (Å²) in [6.07, 6.45) is 14.5. The number of carbonyl (C=O) groups is 2. The first kappa shape index (κ1) is 48.1. The molecule has 8 rings (SSSR count). The molecule has 0 bridgehead atoms. The van der Waals surface area contributed by atoms with E-state index in [4.69, 9.17) is 4.74 Å². The molecule has 1 aliphatic heterocycles. The second-order valence-corrected chi connectivity index (χ2v) is 23.5. The van der Waals surface area contributed by atoms with Crippen molar-refractivity contribution in [1.29, 1.82) is 0 Å². The summed E-state index contributed by atoms with van der Waals surface area (Å²) in [5.74, 6) is 3.23. The van der Waals surface area contributed by atoms with Crippen LogP contribution in [0.4, 0.5) is 0 Å². The molecular formula is C56H84N4O5. The van der Waals surface area contributed by atoms with Gasteiger partial charge in [-0.1, -0.05) is 84.4 Å². The minimum Gasteiger partial charge on any atom is -0.508 e. The van der Waals surface area contributed by atoms with Crippen LogP contribution in [0.1, 0.15) is 137 Å². The normalized spacial score (nSPS) is 35.8. The molecule has 0 aromatic heterocycles. The number of aromatic hydroxyl groups is 2. The van der Waals surface area contributed by atoms with Gasteiger partial charge >= 0.3 is 5.97 Å². The van der Waals surface area contributed by atoms with E-state index in [1.807, 2.05) is 24.3 Å². The fourth-order valence-electron chi connectivity index (χ4n) is 15.6. The predicted molar refractivity (Wildman–Crippen MR) is 260 cm³/mol. The SMILES string of the molecule is CC(=O)O[C@H]1CC[C@@]2(C)C(CC[C@]3(C)C2CC=C2C4[C@@H](C)[C@H](C)CC[C@]4(C(=O)NCCCN4CCN(CCCN(Cc5ccc(O)cc5)Cc5ccc(O)cc5)CC4)CC[C@]23C)C1(C)C. The summed E-state index contributed by atoms with van der Waals surface area (Å²) >= 11 is 0. The van der Waals surface area contributed by atoms with Crippen LogP contribution in [0.15, 0.2) is 60.2 Å². The number of benzene rings is 2. The van der Waals surface area contributed by atoms with Gasteiger partial charge in [-0.2, -0.15) is 0 Å². The number of carbonyl (C=O) groups excluding carboxylic acids is 2. The van der Waals surface area contributed by atoms with Gasteiger partial charge in [0.05, 0.1) is 5.41 Å². The van der Waals surface area contributed by atoms with Crippen LogP contribution in [0, 0.1) is 56.7 Å². The minimum atomic E-state index is -0.318. The number of allylic oxidation sites excluding steroid dienone is 2. The second-order valence-electron chi connectivity index (χ2n) is 23.5. The highest BCUT2D eigenvalue weighted by Crippen LogP contribution is 2.76. The molecule has 0 radical (unpaired) electrons. The Labute approximate surface area is 392 Å². The first-order valence-corrected chi connectivity index (χ1v) is 25.8. The van der Waals surface area contributed by atoms with Gasteiger partial charge in [-0.15, -0.1) is 0 Å². The van der Waals surface area contributed by atoms with Crippen LogP contribution in [0.3, 0.4) is 0 Å². The standard InChI is InChI=1S/C56H84N4O5/c1-39-21-26-56(28-27-54(7)46(50(56)40(39)2)19-20-48-53(6)24-23-49(65-41(3)61)52(4,5)47(53)22-25-55(48,54)8)51(64)57-29-9-30-58-33-35-59(36-34-58)31-10-32-60(37-42-11-15-44(62)16-12-42)38-43-13-17-45(63)18-14-43/h11-19,39-40,47-50,62-63H,9-10,20-38H2,1-8H3,(H,57,64)/t39-,40+,47?,48?,49+,50?,53+,54-,55-,56+/m1/s1. The average molecular weight is 893 g/mol. The van der Waals surface area contributed by atoms with Crippen molar-refractivity contribution in [2.75, 3.05) is 52.4 Å². The molecular weight excluding hydrogens is 809 g/mol. The number of phenolic OH excluding ortho intramolecular Hbond substituents is 2. The van der Waals surface area contributed by atoms with Crippen LogP contribution in [-0.2, 0) is 27.4 Å². The molecule has 65 heavy (non-hydrogen) atoms. The Bertz CT molecular complexity index is 1960.